The van der Waals surface area contributed by atoms with Gasteiger partial charge in [-0.25, -0.2) is 28.7 Å². The van der Waals surface area contributed by atoms with Crippen molar-refractivity contribution < 1.29 is 0 Å². The first-order valence-electron chi connectivity index (χ1n) is 10.1. The molecule has 0 aliphatic carbocycles. The number of imidazole rings is 2. The van der Waals surface area contributed by atoms with Crippen molar-refractivity contribution >= 4 is 65.9 Å². The predicted octanol–water partition coefficient (Wildman–Crippen LogP) is 3.13. The molecule has 8 nitrogen and oxygen atoms in total. The van der Waals surface area contributed by atoms with Gasteiger partial charge in [-0.2, -0.15) is 0 Å². The highest BCUT2D eigenvalue weighted by Gasteiger charge is 2.22. The second-order valence-corrected chi connectivity index (χ2v) is 7.92. The number of nitrogens with zero attached hydrogens (tertiary/aromatic N) is 6. The van der Waals surface area contributed by atoms with Crippen LogP contribution in [0.25, 0.3) is 65.9 Å². The van der Waals surface area contributed by atoms with Crippen LogP contribution in [0.4, 0.5) is 0 Å². The maximum Gasteiger partial charge on any atom is 0.265 e. The fourth-order valence-corrected chi connectivity index (χ4v) is 5.04. The van der Waals surface area contributed by atoms with E-state index in [2.05, 4.69) is 9.97 Å². The molecule has 0 saturated heterocycles. The molecule has 6 heterocycles. The monoisotopic (exact) mass is 414 g/mol. The van der Waals surface area contributed by atoms with Gasteiger partial charge in [0.05, 0.1) is 0 Å². The number of pyridine rings is 4. The topological polar surface area (TPSA) is 94.5 Å². The molecular weight excluding hydrogens is 404 g/mol. The second kappa shape index (κ2) is 5.12. The molecule has 0 aliphatic rings. The smallest absolute Gasteiger partial charge is 0.265 e. The largest absolute Gasteiger partial charge is 0.268 e. The number of rotatable bonds is 0. The summed E-state index contributed by atoms with van der Waals surface area (Å²) >= 11 is 0. The van der Waals surface area contributed by atoms with Crippen molar-refractivity contribution in [2.45, 2.75) is 0 Å². The summed E-state index contributed by atoms with van der Waals surface area (Å²) in [6.07, 6.45) is 3.30. The highest BCUT2D eigenvalue weighted by atomic mass is 16.1. The summed E-state index contributed by atoms with van der Waals surface area (Å²) in [6.45, 7) is 0. The van der Waals surface area contributed by atoms with Crippen LogP contribution in [0, 0.1) is 0 Å². The van der Waals surface area contributed by atoms with Gasteiger partial charge in [-0.15, -0.1) is 0 Å². The Morgan fingerprint density at radius 1 is 0.531 bits per heavy atom. The first kappa shape index (κ1) is 16.0. The van der Waals surface area contributed by atoms with Gasteiger partial charge in [-0.1, -0.05) is 0 Å². The third-order valence-corrected chi connectivity index (χ3v) is 6.34. The van der Waals surface area contributed by atoms with Gasteiger partial charge in [0.1, 0.15) is 22.3 Å². The fourth-order valence-electron chi connectivity index (χ4n) is 5.04. The average Bonchev–Trinajstić information content (AvgIpc) is 3.40. The Kier molecular flexibility index (Phi) is 2.56. The molecule has 0 amide bonds. The lowest BCUT2D eigenvalue weighted by molar-refractivity contribution is 1.14. The Morgan fingerprint density at radius 3 is 1.44 bits per heavy atom. The molecule has 0 aliphatic heterocycles. The predicted molar refractivity (Wildman–Crippen MR) is 122 cm³/mol. The van der Waals surface area contributed by atoms with E-state index < -0.39 is 0 Å². The normalized spacial score (nSPS) is 12.6. The SMILES string of the molecule is O=c1c2ccc3c4c(ccc(c24)c2nc4cccnc4n12)c(=O)n1c2ncccc2nc31. The summed E-state index contributed by atoms with van der Waals surface area (Å²) in [6, 6.07) is 14.6. The minimum Gasteiger partial charge on any atom is -0.268 e. The summed E-state index contributed by atoms with van der Waals surface area (Å²) in [5.74, 6) is 0. The first-order chi connectivity index (χ1) is 15.7. The van der Waals surface area contributed by atoms with Gasteiger partial charge >= 0.3 is 0 Å². The molecule has 0 N–H and O–H groups in total. The molecule has 0 spiro atoms. The zero-order chi connectivity index (χ0) is 21.1. The van der Waals surface area contributed by atoms with Gasteiger partial charge in [-0.3, -0.25) is 9.59 Å². The van der Waals surface area contributed by atoms with Crippen LogP contribution in [0.5, 0.6) is 0 Å². The van der Waals surface area contributed by atoms with E-state index in [1.807, 2.05) is 24.3 Å². The molecule has 0 bridgehead atoms. The molecule has 8 rings (SSSR count). The lowest BCUT2D eigenvalue weighted by atomic mass is 9.96. The number of aromatic nitrogens is 6. The molecule has 32 heavy (non-hydrogen) atoms. The Balaban J connectivity index is 1.73. The van der Waals surface area contributed by atoms with E-state index >= 15 is 0 Å². The summed E-state index contributed by atoms with van der Waals surface area (Å²) in [4.78, 5) is 45.2. The van der Waals surface area contributed by atoms with Crippen LogP contribution in [-0.4, -0.2) is 28.7 Å². The molecule has 148 valence electrons. The quantitative estimate of drug-likeness (QED) is 0.354. The third kappa shape index (κ3) is 1.64. The molecule has 6 aromatic heterocycles. The molecule has 0 saturated carbocycles. The zero-order valence-electron chi connectivity index (χ0n) is 16.3. The minimum atomic E-state index is -0.203. The van der Waals surface area contributed by atoms with Crippen LogP contribution in [0.3, 0.4) is 0 Å². The lowest BCUT2D eigenvalue weighted by Crippen LogP contribution is -2.16. The van der Waals surface area contributed by atoms with Crippen LogP contribution in [0.2, 0.25) is 0 Å². The van der Waals surface area contributed by atoms with E-state index in [-0.39, 0.29) is 11.1 Å². The van der Waals surface area contributed by atoms with E-state index in [1.54, 1.807) is 45.5 Å². The highest BCUT2D eigenvalue weighted by Crippen LogP contribution is 2.36. The van der Waals surface area contributed by atoms with Crippen molar-refractivity contribution in [1.29, 1.82) is 0 Å². The number of benzene rings is 2. The van der Waals surface area contributed by atoms with E-state index in [9.17, 15) is 9.59 Å². The van der Waals surface area contributed by atoms with E-state index in [0.717, 1.165) is 21.5 Å². The lowest BCUT2D eigenvalue weighted by Gasteiger charge is -2.11. The Bertz CT molecular complexity index is 2040. The fraction of sp³-hybridized carbons (Fsp3) is 0. The van der Waals surface area contributed by atoms with Crippen LogP contribution in [0.15, 0.2) is 70.5 Å². The van der Waals surface area contributed by atoms with Gasteiger partial charge in [0.2, 0.25) is 0 Å². The Hall–Kier alpha value is -4.72. The molecule has 8 aromatic rings. The molecular formula is C24H10N6O2. The van der Waals surface area contributed by atoms with Crippen LogP contribution >= 0.6 is 0 Å². The molecule has 8 heteroatoms. The number of fused-ring (bicyclic) bond motifs is 8. The van der Waals surface area contributed by atoms with Crippen molar-refractivity contribution in [2.24, 2.45) is 0 Å². The standard InChI is InChI=1S/C24H10N6O2/c31-23-13-8-6-12-18-14(24(32)30-20(12)28-16-4-2-10-26-22(16)30)7-5-11(17(13)18)19-27-15-3-1-9-25-21(15)29(19)23/h1-10H. The van der Waals surface area contributed by atoms with Crippen molar-refractivity contribution in [3.8, 4) is 0 Å². The third-order valence-electron chi connectivity index (χ3n) is 6.34. The number of hydrogen-bond acceptors (Lipinski definition) is 6. The minimum absolute atomic E-state index is 0.203. The van der Waals surface area contributed by atoms with Gasteiger partial charge in [0.15, 0.2) is 11.3 Å². The van der Waals surface area contributed by atoms with Gasteiger partial charge in [0.25, 0.3) is 11.1 Å². The zero-order valence-corrected chi connectivity index (χ0v) is 16.3. The summed E-state index contributed by atoms with van der Waals surface area (Å²) in [5.41, 5.74) is 3.01. The Morgan fingerprint density at radius 2 is 0.969 bits per heavy atom. The van der Waals surface area contributed by atoms with Crippen LogP contribution in [0.1, 0.15) is 0 Å². The van der Waals surface area contributed by atoms with Gasteiger partial charge < -0.3 is 0 Å². The van der Waals surface area contributed by atoms with Crippen LogP contribution < -0.4 is 11.1 Å². The molecule has 0 atom stereocenters. The van der Waals surface area contributed by atoms with E-state index in [1.165, 1.54) is 0 Å². The van der Waals surface area contributed by atoms with Gasteiger partial charge in [-0.05, 0) is 48.5 Å². The van der Waals surface area contributed by atoms with Crippen molar-refractivity contribution in [1.82, 2.24) is 28.7 Å². The summed E-state index contributed by atoms with van der Waals surface area (Å²) < 4.78 is 3.11. The molecule has 2 aromatic carbocycles. The van der Waals surface area contributed by atoms with Crippen molar-refractivity contribution in [2.75, 3.05) is 0 Å². The molecule has 0 fully saturated rings. The van der Waals surface area contributed by atoms with Crippen molar-refractivity contribution in [3.63, 3.8) is 0 Å². The molecule has 0 radical (unpaired) electrons. The summed E-state index contributed by atoms with van der Waals surface area (Å²) in [7, 11) is 0. The molecule has 0 unspecified atom stereocenters. The van der Waals surface area contributed by atoms with Crippen LogP contribution in [-0.2, 0) is 0 Å². The van der Waals surface area contributed by atoms with Crippen molar-refractivity contribution in [3.05, 3.63) is 81.6 Å². The van der Waals surface area contributed by atoms with E-state index in [4.69, 9.17) is 9.97 Å². The first-order valence-corrected chi connectivity index (χ1v) is 10.1. The highest BCUT2D eigenvalue weighted by molar-refractivity contribution is 6.27. The Labute approximate surface area is 176 Å². The summed E-state index contributed by atoms with van der Waals surface area (Å²) in [5, 5.41) is 4.10. The maximum absolute atomic E-state index is 13.5. The average molecular weight is 414 g/mol. The van der Waals surface area contributed by atoms with Gasteiger partial charge in [0, 0.05) is 44.7 Å². The second-order valence-electron chi connectivity index (χ2n) is 7.92. The number of hydrogen-bond donors (Lipinski definition) is 0. The van der Waals surface area contributed by atoms with E-state index in [0.29, 0.717) is 44.4 Å². The maximum atomic E-state index is 13.5.